The van der Waals surface area contributed by atoms with E-state index in [-0.39, 0.29) is 5.75 Å². The normalized spacial score (nSPS) is 27.0. The maximum atomic E-state index is 12.9. The second kappa shape index (κ2) is 11.7. The molecule has 2 aliphatic rings. The number of ether oxygens (including phenoxy) is 1. The van der Waals surface area contributed by atoms with E-state index in [0.717, 1.165) is 36.7 Å². The predicted octanol–water partition coefficient (Wildman–Crippen LogP) is 8.60. The third-order valence-corrected chi connectivity index (χ3v) is 7.39. The molecule has 2 nitrogen and oxygen atoms in total. The summed E-state index contributed by atoms with van der Waals surface area (Å²) in [5, 5.41) is 8.46. The van der Waals surface area contributed by atoms with Gasteiger partial charge in [-0.2, -0.15) is 9.65 Å². The molecule has 0 amide bonds. The molecule has 2 fully saturated rings. The highest BCUT2D eigenvalue weighted by Crippen LogP contribution is 2.40. The zero-order chi connectivity index (χ0) is 23.0. The first kappa shape index (κ1) is 24.6. The summed E-state index contributed by atoms with van der Waals surface area (Å²) >= 11 is 0. The van der Waals surface area contributed by atoms with Crippen molar-refractivity contribution in [2.45, 2.75) is 89.3 Å². The molecule has 0 unspecified atom stereocenters. The lowest BCUT2D eigenvalue weighted by atomic mass is 9.74. The molecule has 6 heteroatoms. The molecule has 0 spiro atoms. The van der Waals surface area contributed by atoms with Crippen LogP contribution in [0.2, 0.25) is 0 Å². The summed E-state index contributed by atoms with van der Waals surface area (Å²) in [6.07, 6.45) is 10.5. The summed E-state index contributed by atoms with van der Waals surface area (Å²) in [6.45, 7) is 0. The molecule has 0 radical (unpaired) electrons. The topological polar surface area (TPSA) is 33.0 Å². The maximum absolute atomic E-state index is 12.9. The van der Waals surface area contributed by atoms with Gasteiger partial charge in [-0.3, -0.25) is 0 Å². The van der Waals surface area contributed by atoms with Gasteiger partial charge in [0.15, 0.2) is 5.83 Å². The first-order chi connectivity index (χ1) is 15.3. The summed E-state index contributed by atoms with van der Waals surface area (Å²) in [7, 11) is 0. The van der Waals surface area contributed by atoms with Crippen LogP contribution >= 0.6 is 0 Å². The van der Waals surface area contributed by atoms with Crippen molar-refractivity contribution >= 4 is 0 Å². The highest BCUT2D eigenvalue weighted by Gasteiger charge is 2.31. The number of nitriles is 1. The van der Waals surface area contributed by atoms with E-state index in [0.29, 0.717) is 18.3 Å². The van der Waals surface area contributed by atoms with Gasteiger partial charge in [-0.15, -0.1) is 13.2 Å². The Bertz CT molecular complexity index is 765. The smallest absolute Gasteiger partial charge is 0.406 e. The van der Waals surface area contributed by atoms with Gasteiger partial charge in [-0.05, 0) is 86.0 Å². The Morgan fingerprint density at radius 2 is 1.38 bits per heavy atom. The Labute approximate surface area is 188 Å². The SMILES string of the molecule is N#CC(F)=CCC[C@H]1CC[C@H](CC[C@H]2CC[C@H](c3ccc(OC(F)(F)F)cc3)CC2)CC1. The predicted molar refractivity (Wildman–Crippen MR) is 117 cm³/mol. The fraction of sp³-hybridized carbons (Fsp3) is 0.654. The highest BCUT2D eigenvalue weighted by atomic mass is 19.4. The van der Waals surface area contributed by atoms with E-state index in [4.69, 9.17) is 5.26 Å². The van der Waals surface area contributed by atoms with Crippen LogP contribution in [-0.4, -0.2) is 6.36 Å². The van der Waals surface area contributed by atoms with E-state index in [9.17, 15) is 17.6 Å². The molecule has 2 aliphatic carbocycles. The minimum atomic E-state index is -4.65. The summed E-state index contributed by atoms with van der Waals surface area (Å²) in [5.41, 5.74) is 1.11. The number of rotatable bonds is 8. The molecule has 0 aromatic heterocycles. The van der Waals surface area contributed by atoms with Gasteiger partial charge in [-0.25, -0.2) is 0 Å². The van der Waals surface area contributed by atoms with Gasteiger partial charge in [0, 0.05) is 0 Å². The van der Waals surface area contributed by atoms with Crippen LogP contribution in [-0.2, 0) is 0 Å². The van der Waals surface area contributed by atoms with Crippen LogP contribution in [0.3, 0.4) is 0 Å². The molecule has 1 aromatic carbocycles. The van der Waals surface area contributed by atoms with E-state index < -0.39 is 12.2 Å². The van der Waals surface area contributed by atoms with Crippen molar-refractivity contribution in [1.29, 1.82) is 5.26 Å². The van der Waals surface area contributed by atoms with Gasteiger partial charge in [0.2, 0.25) is 0 Å². The number of hydrogen-bond acceptors (Lipinski definition) is 2. The van der Waals surface area contributed by atoms with E-state index in [1.165, 1.54) is 75.6 Å². The molecule has 0 aliphatic heterocycles. The molecule has 1 aromatic rings. The molecular weight excluding hydrogens is 418 g/mol. The molecular formula is C26H33F4NO. The van der Waals surface area contributed by atoms with Crippen molar-refractivity contribution in [3.8, 4) is 11.8 Å². The summed E-state index contributed by atoms with van der Waals surface area (Å²) in [4.78, 5) is 0. The zero-order valence-electron chi connectivity index (χ0n) is 18.5. The largest absolute Gasteiger partial charge is 0.573 e. The average Bonchev–Trinajstić information content (AvgIpc) is 2.78. The van der Waals surface area contributed by atoms with Crippen LogP contribution in [0.1, 0.15) is 88.5 Å². The van der Waals surface area contributed by atoms with Crippen molar-refractivity contribution in [3.63, 3.8) is 0 Å². The second-order valence-corrected chi connectivity index (χ2v) is 9.54. The second-order valence-electron chi connectivity index (χ2n) is 9.54. The van der Waals surface area contributed by atoms with Gasteiger partial charge in [0.05, 0.1) is 0 Å². The molecule has 0 N–H and O–H groups in total. The number of halogens is 4. The van der Waals surface area contributed by atoms with Gasteiger partial charge in [-0.1, -0.05) is 50.7 Å². The van der Waals surface area contributed by atoms with Crippen molar-refractivity contribution in [2.24, 2.45) is 17.8 Å². The minimum Gasteiger partial charge on any atom is -0.406 e. The maximum Gasteiger partial charge on any atom is 0.573 e. The van der Waals surface area contributed by atoms with Crippen LogP contribution in [0, 0.1) is 29.1 Å². The molecule has 0 bridgehead atoms. The van der Waals surface area contributed by atoms with Crippen LogP contribution in [0.25, 0.3) is 0 Å². The van der Waals surface area contributed by atoms with Crippen LogP contribution in [0.4, 0.5) is 17.6 Å². The quantitative estimate of drug-likeness (QED) is 0.293. The number of alkyl halides is 3. The van der Waals surface area contributed by atoms with Gasteiger partial charge in [0.1, 0.15) is 11.8 Å². The standard InChI is InChI=1S/C26H33F4NO/c27-24(18-31)3-1-2-19-4-6-20(7-5-19)8-9-21-10-12-22(13-11-21)23-14-16-25(17-15-23)32-26(28,29)30/h3,14-17,19-22H,1-2,4-13H2/t19-,20-,21-,22-. The molecule has 0 saturated heterocycles. The Morgan fingerprint density at radius 3 is 1.88 bits per heavy atom. The third-order valence-electron chi connectivity index (χ3n) is 7.39. The molecule has 32 heavy (non-hydrogen) atoms. The minimum absolute atomic E-state index is 0.157. The van der Waals surface area contributed by atoms with Crippen LogP contribution in [0.5, 0.6) is 5.75 Å². The summed E-state index contributed by atoms with van der Waals surface area (Å²) in [5.74, 6) is 1.84. The molecule has 3 rings (SSSR count). The van der Waals surface area contributed by atoms with E-state index >= 15 is 0 Å². The third kappa shape index (κ3) is 8.15. The average molecular weight is 452 g/mol. The molecule has 0 heterocycles. The number of allylic oxidation sites excluding steroid dienone is 2. The van der Waals surface area contributed by atoms with Crippen molar-refractivity contribution in [2.75, 3.05) is 0 Å². The molecule has 176 valence electrons. The summed E-state index contributed by atoms with van der Waals surface area (Å²) < 4.78 is 53.8. The van der Waals surface area contributed by atoms with Gasteiger partial charge in [0.25, 0.3) is 0 Å². The lowest BCUT2D eigenvalue weighted by Crippen LogP contribution is -2.18. The molecule has 0 atom stereocenters. The fourth-order valence-electron chi connectivity index (χ4n) is 5.50. The number of hydrogen-bond donors (Lipinski definition) is 0. The van der Waals surface area contributed by atoms with E-state index in [1.807, 2.05) is 0 Å². The van der Waals surface area contributed by atoms with Gasteiger partial charge < -0.3 is 4.74 Å². The lowest BCUT2D eigenvalue weighted by molar-refractivity contribution is -0.274. The summed E-state index contributed by atoms with van der Waals surface area (Å²) in [6, 6.07) is 7.91. The number of benzene rings is 1. The Morgan fingerprint density at radius 1 is 0.875 bits per heavy atom. The van der Waals surface area contributed by atoms with Crippen molar-refractivity contribution < 1.29 is 22.3 Å². The first-order valence-electron chi connectivity index (χ1n) is 11.9. The molecule has 2 saturated carbocycles. The van der Waals surface area contributed by atoms with Crippen LogP contribution in [0.15, 0.2) is 36.2 Å². The van der Waals surface area contributed by atoms with Gasteiger partial charge >= 0.3 is 6.36 Å². The lowest BCUT2D eigenvalue weighted by Gasteiger charge is -2.32. The van der Waals surface area contributed by atoms with E-state index in [2.05, 4.69) is 4.74 Å². The van der Waals surface area contributed by atoms with E-state index in [1.54, 1.807) is 12.1 Å². The number of nitrogens with zero attached hydrogens (tertiary/aromatic N) is 1. The van der Waals surface area contributed by atoms with Crippen molar-refractivity contribution in [1.82, 2.24) is 0 Å². The fourth-order valence-corrected chi connectivity index (χ4v) is 5.50. The Balaban J connectivity index is 1.32. The highest BCUT2D eigenvalue weighted by molar-refractivity contribution is 5.29. The zero-order valence-corrected chi connectivity index (χ0v) is 18.5. The Hall–Kier alpha value is -2.03. The van der Waals surface area contributed by atoms with Crippen LogP contribution < -0.4 is 4.74 Å². The monoisotopic (exact) mass is 451 g/mol. The first-order valence-corrected chi connectivity index (χ1v) is 11.9. The Kier molecular flexibility index (Phi) is 9.02. The van der Waals surface area contributed by atoms with Crippen molar-refractivity contribution in [3.05, 3.63) is 41.7 Å².